The van der Waals surface area contributed by atoms with Gasteiger partial charge in [-0.2, -0.15) is 0 Å². The molecule has 0 bridgehead atoms. The maximum atomic E-state index is 11.9. The third-order valence-corrected chi connectivity index (χ3v) is 3.12. The van der Waals surface area contributed by atoms with Gasteiger partial charge in [0.1, 0.15) is 0 Å². The number of halogens is 1. The zero-order valence-corrected chi connectivity index (χ0v) is 11.3. The number of rotatable bonds is 4. The Kier molecular flexibility index (Phi) is 3.86. The number of hydrogen-bond donors (Lipinski definition) is 0. The lowest BCUT2D eigenvalue weighted by molar-refractivity contribution is -0.140. The Bertz CT molecular complexity index is 497. The minimum absolute atomic E-state index is 0.0708. The van der Waals surface area contributed by atoms with Crippen molar-refractivity contribution in [1.29, 1.82) is 0 Å². The second kappa shape index (κ2) is 5.39. The fourth-order valence-electron chi connectivity index (χ4n) is 1.59. The van der Waals surface area contributed by atoms with E-state index in [1.165, 1.54) is 7.11 Å². The summed E-state index contributed by atoms with van der Waals surface area (Å²) in [7, 11) is 1.30. The summed E-state index contributed by atoms with van der Waals surface area (Å²) in [4.78, 5) is 22.9. The van der Waals surface area contributed by atoms with Crippen molar-refractivity contribution >= 4 is 27.7 Å². The quantitative estimate of drug-likeness (QED) is 0.630. The van der Waals surface area contributed by atoms with Crippen molar-refractivity contribution in [1.82, 2.24) is 0 Å². The first-order chi connectivity index (χ1) is 8.61. The van der Waals surface area contributed by atoms with E-state index in [1.807, 2.05) is 0 Å². The molecular weight excluding hydrogens is 304 g/mol. The molecule has 0 fully saturated rings. The highest BCUT2D eigenvalue weighted by molar-refractivity contribution is 9.10. The number of ether oxygens (including phenoxy) is 3. The number of Topliss-reactive ketones (excluding diaryl/α,β-unsaturated/α-hetero) is 1. The molecule has 0 saturated carbocycles. The SMILES string of the molecule is COC(=O)CCC(=O)c1cc(Br)c2c(c1)OCO2. The first kappa shape index (κ1) is 12.9. The largest absolute Gasteiger partial charge is 0.469 e. The van der Waals surface area contributed by atoms with Gasteiger partial charge in [-0.3, -0.25) is 9.59 Å². The lowest BCUT2D eigenvalue weighted by Gasteiger charge is -2.04. The molecule has 2 rings (SSSR count). The second-order valence-electron chi connectivity index (χ2n) is 3.69. The van der Waals surface area contributed by atoms with Gasteiger partial charge in [0.05, 0.1) is 18.0 Å². The summed E-state index contributed by atoms with van der Waals surface area (Å²) in [6.45, 7) is 0.147. The molecule has 96 valence electrons. The predicted octanol–water partition coefficient (Wildman–Crippen LogP) is 2.31. The van der Waals surface area contributed by atoms with Crippen molar-refractivity contribution in [3.05, 3.63) is 22.2 Å². The first-order valence-corrected chi connectivity index (χ1v) is 6.10. The Balaban J connectivity index is 2.12. The molecule has 1 aliphatic heterocycles. The zero-order chi connectivity index (χ0) is 13.1. The van der Waals surface area contributed by atoms with Gasteiger partial charge in [0, 0.05) is 12.0 Å². The van der Waals surface area contributed by atoms with Crippen LogP contribution in [0, 0.1) is 0 Å². The molecule has 0 radical (unpaired) electrons. The Morgan fingerprint density at radius 1 is 1.33 bits per heavy atom. The number of carbonyl (C=O) groups excluding carboxylic acids is 2. The van der Waals surface area contributed by atoms with Crippen molar-refractivity contribution < 1.29 is 23.8 Å². The summed E-state index contributed by atoms with van der Waals surface area (Å²) >= 11 is 3.31. The summed E-state index contributed by atoms with van der Waals surface area (Å²) < 4.78 is 15.6. The van der Waals surface area contributed by atoms with Crippen molar-refractivity contribution in [3.63, 3.8) is 0 Å². The van der Waals surface area contributed by atoms with Gasteiger partial charge in [-0.15, -0.1) is 0 Å². The normalized spacial score (nSPS) is 12.3. The van der Waals surface area contributed by atoms with E-state index >= 15 is 0 Å². The number of fused-ring (bicyclic) bond motifs is 1. The third-order valence-electron chi connectivity index (χ3n) is 2.53. The molecule has 0 unspecified atom stereocenters. The van der Waals surface area contributed by atoms with Crippen molar-refractivity contribution in [3.8, 4) is 11.5 Å². The molecule has 6 heteroatoms. The number of benzene rings is 1. The van der Waals surface area contributed by atoms with Crippen LogP contribution >= 0.6 is 15.9 Å². The molecule has 0 saturated heterocycles. The van der Waals surface area contributed by atoms with Crippen LogP contribution in [0.3, 0.4) is 0 Å². The summed E-state index contributed by atoms with van der Waals surface area (Å²) in [6.07, 6.45) is 0.181. The van der Waals surface area contributed by atoms with Crippen molar-refractivity contribution in [2.75, 3.05) is 13.9 Å². The van der Waals surface area contributed by atoms with E-state index in [1.54, 1.807) is 12.1 Å². The Hall–Kier alpha value is -1.56. The van der Waals surface area contributed by atoms with Crippen LogP contribution in [0.15, 0.2) is 16.6 Å². The van der Waals surface area contributed by atoms with Crippen LogP contribution in [0.2, 0.25) is 0 Å². The molecule has 0 spiro atoms. The van der Waals surface area contributed by atoms with Crippen LogP contribution in [0.1, 0.15) is 23.2 Å². The predicted molar refractivity (Wildman–Crippen MR) is 65.8 cm³/mol. The molecule has 1 heterocycles. The maximum Gasteiger partial charge on any atom is 0.305 e. The van der Waals surface area contributed by atoms with Gasteiger partial charge in [0.15, 0.2) is 17.3 Å². The summed E-state index contributed by atoms with van der Waals surface area (Å²) in [5.74, 6) is 0.591. The van der Waals surface area contributed by atoms with E-state index in [4.69, 9.17) is 9.47 Å². The summed E-state index contributed by atoms with van der Waals surface area (Å²) in [5, 5.41) is 0. The molecule has 0 amide bonds. The molecule has 1 aromatic carbocycles. The van der Waals surface area contributed by atoms with Gasteiger partial charge in [-0.1, -0.05) is 0 Å². The zero-order valence-electron chi connectivity index (χ0n) is 9.70. The topological polar surface area (TPSA) is 61.8 Å². The highest BCUT2D eigenvalue weighted by Crippen LogP contribution is 2.40. The average molecular weight is 315 g/mol. The molecular formula is C12H11BrO5. The number of methoxy groups -OCH3 is 1. The molecule has 0 aromatic heterocycles. The van der Waals surface area contributed by atoms with Gasteiger partial charge in [-0.05, 0) is 28.1 Å². The van der Waals surface area contributed by atoms with Crippen molar-refractivity contribution in [2.24, 2.45) is 0 Å². The first-order valence-electron chi connectivity index (χ1n) is 5.31. The van der Waals surface area contributed by atoms with E-state index in [-0.39, 0.29) is 25.4 Å². The molecule has 1 aliphatic rings. The van der Waals surface area contributed by atoms with Gasteiger partial charge in [0.2, 0.25) is 6.79 Å². The monoisotopic (exact) mass is 314 g/mol. The Morgan fingerprint density at radius 3 is 2.83 bits per heavy atom. The Morgan fingerprint density at radius 2 is 2.11 bits per heavy atom. The minimum atomic E-state index is -0.400. The molecule has 0 N–H and O–H groups in total. The van der Waals surface area contributed by atoms with Crippen LogP contribution in [-0.4, -0.2) is 25.7 Å². The van der Waals surface area contributed by atoms with E-state index in [9.17, 15) is 9.59 Å². The van der Waals surface area contributed by atoms with Gasteiger partial charge in [0.25, 0.3) is 0 Å². The van der Waals surface area contributed by atoms with E-state index in [2.05, 4.69) is 20.7 Å². The van der Waals surface area contributed by atoms with Crippen LogP contribution in [0.25, 0.3) is 0 Å². The van der Waals surface area contributed by atoms with Gasteiger partial charge < -0.3 is 14.2 Å². The summed E-state index contributed by atoms with van der Waals surface area (Å²) in [5.41, 5.74) is 0.482. The third kappa shape index (κ3) is 2.64. The Labute approximate surface area is 112 Å². The smallest absolute Gasteiger partial charge is 0.305 e. The fourth-order valence-corrected chi connectivity index (χ4v) is 2.15. The number of ketones is 1. The van der Waals surface area contributed by atoms with E-state index in [0.29, 0.717) is 21.5 Å². The maximum absolute atomic E-state index is 11.9. The van der Waals surface area contributed by atoms with Crippen LogP contribution in [-0.2, 0) is 9.53 Å². The van der Waals surface area contributed by atoms with Gasteiger partial charge >= 0.3 is 5.97 Å². The van der Waals surface area contributed by atoms with Crippen molar-refractivity contribution in [2.45, 2.75) is 12.8 Å². The molecule has 18 heavy (non-hydrogen) atoms. The fraction of sp³-hybridized carbons (Fsp3) is 0.333. The molecule has 0 aliphatic carbocycles. The lowest BCUT2D eigenvalue weighted by atomic mass is 10.1. The standard InChI is InChI=1S/C12H11BrO5/c1-16-11(15)3-2-9(14)7-4-8(13)12-10(5-7)17-6-18-12/h4-5H,2-3,6H2,1H3. The second-order valence-corrected chi connectivity index (χ2v) is 4.55. The number of esters is 1. The molecule has 0 atom stereocenters. The van der Waals surface area contributed by atoms with Gasteiger partial charge in [-0.25, -0.2) is 0 Å². The average Bonchev–Trinajstić information content (AvgIpc) is 2.84. The lowest BCUT2D eigenvalue weighted by Crippen LogP contribution is -2.06. The molecule has 1 aromatic rings. The van der Waals surface area contributed by atoms with Crippen LogP contribution < -0.4 is 9.47 Å². The molecule has 5 nitrogen and oxygen atoms in total. The van der Waals surface area contributed by atoms with E-state index in [0.717, 1.165) is 0 Å². The number of hydrogen-bond acceptors (Lipinski definition) is 5. The number of carbonyl (C=O) groups is 2. The highest BCUT2D eigenvalue weighted by atomic mass is 79.9. The highest BCUT2D eigenvalue weighted by Gasteiger charge is 2.20. The summed E-state index contributed by atoms with van der Waals surface area (Å²) in [6, 6.07) is 3.28. The van der Waals surface area contributed by atoms with Crippen LogP contribution in [0.5, 0.6) is 11.5 Å². The minimum Gasteiger partial charge on any atom is -0.469 e. The van der Waals surface area contributed by atoms with E-state index < -0.39 is 5.97 Å². The van der Waals surface area contributed by atoms with Crippen LogP contribution in [0.4, 0.5) is 0 Å².